The highest BCUT2D eigenvalue weighted by Crippen LogP contribution is 2.16. The van der Waals surface area contributed by atoms with E-state index in [1.165, 1.54) is 0 Å². The smallest absolute Gasteiger partial charge is 0.119 e. The number of benzene rings is 2. The predicted octanol–water partition coefficient (Wildman–Crippen LogP) is 3.30. The molecule has 0 aromatic heterocycles. The Morgan fingerprint density at radius 1 is 1.10 bits per heavy atom. The molecular formula is C18H23NO2. The van der Waals surface area contributed by atoms with Crippen LogP contribution in [0.15, 0.2) is 54.6 Å². The van der Waals surface area contributed by atoms with Gasteiger partial charge in [0.2, 0.25) is 0 Å². The van der Waals surface area contributed by atoms with E-state index in [-0.39, 0.29) is 12.6 Å². The van der Waals surface area contributed by atoms with Gasteiger partial charge in [-0.15, -0.1) is 0 Å². The lowest BCUT2D eigenvalue weighted by Gasteiger charge is -2.17. The van der Waals surface area contributed by atoms with Crippen molar-refractivity contribution in [2.45, 2.75) is 25.9 Å². The molecular weight excluding hydrogens is 262 g/mol. The first kappa shape index (κ1) is 15.5. The number of aliphatic hydroxyl groups is 1. The number of rotatable bonds is 8. The standard InChI is InChI=1S/C18H23NO2/c1-2-11-21-17-10-6-7-15(12-17)13-19-18(14-20)16-8-4-3-5-9-16/h3-10,12,18-20H,2,11,13-14H2,1H3/t18-/m0/s1. The Bertz CT molecular complexity index is 528. The number of aliphatic hydroxyl groups excluding tert-OH is 1. The minimum Gasteiger partial charge on any atom is -0.494 e. The maximum Gasteiger partial charge on any atom is 0.119 e. The van der Waals surface area contributed by atoms with Gasteiger partial charge in [-0.2, -0.15) is 0 Å². The summed E-state index contributed by atoms with van der Waals surface area (Å²) in [6.07, 6.45) is 1.00. The van der Waals surface area contributed by atoms with Crippen molar-refractivity contribution in [1.82, 2.24) is 5.32 Å². The quantitative estimate of drug-likeness (QED) is 0.782. The number of hydrogen-bond donors (Lipinski definition) is 2. The number of ether oxygens (including phenoxy) is 1. The molecule has 2 N–H and O–H groups in total. The van der Waals surface area contributed by atoms with Gasteiger partial charge in [-0.05, 0) is 29.7 Å². The Morgan fingerprint density at radius 2 is 1.90 bits per heavy atom. The van der Waals surface area contributed by atoms with Crippen molar-refractivity contribution in [2.24, 2.45) is 0 Å². The van der Waals surface area contributed by atoms with Gasteiger partial charge in [-0.3, -0.25) is 0 Å². The van der Waals surface area contributed by atoms with E-state index in [0.717, 1.165) is 29.9 Å². The zero-order valence-corrected chi connectivity index (χ0v) is 12.5. The molecule has 0 amide bonds. The molecule has 3 nitrogen and oxygen atoms in total. The van der Waals surface area contributed by atoms with Crippen molar-refractivity contribution in [3.05, 3.63) is 65.7 Å². The first-order valence-electron chi connectivity index (χ1n) is 7.44. The summed E-state index contributed by atoms with van der Waals surface area (Å²) in [7, 11) is 0. The molecule has 112 valence electrons. The summed E-state index contributed by atoms with van der Waals surface area (Å²) in [6.45, 7) is 3.61. The molecule has 2 aromatic carbocycles. The molecule has 21 heavy (non-hydrogen) atoms. The first-order chi connectivity index (χ1) is 10.3. The van der Waals surface area contributed by atoms with Crippen molar-refractivity contribution in [3.8, 4) is 5.75 Å². The molecule has 1 atom stereocenters. The lowest BCUT2D eigenvalue weighted by Crippen LogP contribution is -2.23. The van der Waals surface area contributed by atoms with Gasteiger partial charge in [0.25, 0.3) is 0 Å². The second-order valence-corrected chi connectivity index (χ2v) is 5.02. The van der Waals surface area contributed by atoms with Crippen LogP contribution < -0.4 is 10.1 Å². The summed E-state index contributed by atoms with van der Waals surface area (Å²) in [4.78, 5) is 0. The average Bonchev–Trinajstić information content (AvgIpc) is 2.55. The van der Waals surface area contributed by atoms with Gasteiger partial charge in [0.05, 0.1) is 19.3 Å². The van der Waals surface area contributed by atoms with Crippen LogP contribution in [-0.2, 0) is 6.54 Å². The van der Waals surface area contributed by atoms with Crippen molar-refractivity contribution < 1.29 is 9.84 Å². The summed E-state index contributed by atoms with van der Waals surface area (Å²) in [5.74, 6) is 0.899. The zero-order chi connectivity index (χ0) is 14.9. The summed E-state index contributed by atoms with van der Waals surface area (Å²) < 4.78 is 5.64. The van der Waals surface area contributed by atoms with E-state index in [0.29, 0.717) is 6.54 Å². The van der Waals surface area contributed by atoms with Gasteiger partial charge in [0, 0.05) is 6.54 Å². The highest BCUT2D eigenvalue weighted by Gasteiger charge is 2.09. The summed E-state index contributed by atoms with van der Waals surface area (Å²) in [5.41, 5.74) is 2.25. The highest BCUT2D eigenvalue weighted by molar-refractivity contribution is 5.28. The molecule has 2 rings (SSSR count). The van der Waals surface area contributed by atoms with E-state index in [1.807, 2.05) is 48.5 Å². The fourth-order valence-corrected chi connectivity index (χ4v) is 2.18. The van der Waals surface area contributed by atoms with Gasteiger partial charge >= 0.3 is 0 Å². The van der Waals surface area contributed by atoms with E-state index >= 15 is 0 Å². The van der Waals surface area contributed by atoms with Gasteiger partial charge < -0.3 is 15.2 Å². The molecule has 0 aliphatic rings. The highest BCUT2D eigenvalue weighted by atomic mass is 16.5. The molecule has 0 aliphatic carbocycles. The molecule has 0 bridgehead atoms. The molecule has 0 fully saturated rings. The van der Waals surface area contributed by atoms with Gasteiger partial charge in [-0.1, -0.05) is 49.4 Å². The molecule has 0 aliphatic heterocycles. The fourth-order valence-electron chi connectivity index (χ4n) is 2.18. The van der Waals surface area contributed by atoms with Gasteiger partial charge in [0.15, 0.2) is 0 Å². The third-order valence-corrected chi connectivity index (χ3v) is 3.31. The molecule has 2 aromatic rings. The molecule has 0 saturated heterocycles. The molecule has 0 saturated carbocycles. The van der Waals surface area contributed by atoms with Gasteiger partial charge in [-0.25, -0.2) is 0 Å². The fraction of sp³-hybridized carbons (Fsp3) is 0.333. The van der Waals surface area contributed by atoms with Crippen LogP contribution in [0, 0.1) is 0 Å². The van der Waals surface area contributed by atoms with Crippen LogP contribution in [0.5, 0.6) is 5.75 Å². The average molecular weight is 285 g/mol. The second-order valence-electron chi connectivity index (χ2n) is 5.02. The third-order valence-electron chi connectivity index (χ3n) is 3.31. The maximum absolute atomic E-state index is 9.54. The summed E-state index contributed by atoms with van der Waals surface area (Å²) in [5, 5.41) is 12.9. The van der Waals surface area contributed by atoms with Crippen LogP contribution in [0.3, 0.4) is 0 Å². The molecule has 0 unspecified atom stereocenters. The number of hydrogen-bond acceptors (Lipinski definition) is 3. The largest absolute Gasteiger partial charge is 0.494 e. The van der Waals surface area contributed by atoms with E-state index in [4.69, 9.17) is 4.74 Å². The van der Waals surface area contributed by atoms with Crippen LogP contribution in [0.4, 0.5) is 0 Å². The lowest BCUT2D eigenvalue weighted by atomic mass is 10.1. The van der Waals surface area contributed by atoms with Crippen LogP contribution >= 0.6 is 0 Å². The summed E-state index contributed by atoms with van der Waals surface area (Å²) >= 11 is 0. The molecule has 0 spiro atoms. The minimum absolute atomic E-state index is 0.0496. The van der Waals surface area contributed by atoms with E-state index in [9.17, 15) is 5.11 Å². The number of nitrogens with one attached hydrogen (secondary N) is 1. The topological polar surface area (TPSA) is 41.5 Å². The molecule has 0 heterocycles. The molecule has 3 heteroatoms. The van der Waals surface area contributed by atoms with Crippen LogP contribution in [0.1, 0.15) is 30.5 Å². The zero-order valence-electron chi connectivity index (χ0n) is 12.5. The van der Waals surface area contributed by atoms with Gasteiger partial charge in [0.1, 0.15) is 5.75 Å². The Labute approximate surface area is 126 Å². The van der Waals surface area contributed by atoms with Crippen molar-refractivity contribution >= 4 is 0 Å². The van der Waals surface area contributed by atoms with Crippen molar-refractivity contribution in [2.75, 3.05) is 13.2 Å². The minimum atomic E-state index is -0.0496. The Hall–Kier alpha value is -1.84. The normalized spacial score (nSPS) is 12.1. The molecule has 0 radical (unpaired) electrons. The Kier molecular flexibility index (Phi) is 6.25. The van der Waals surface area contributed by atoms with Crippen LogP contribution in [-0.4, -0.2) is 18.3 Å². The van der Waals surface area contributed by atoms with Crippen molar-refractivity contribution in [3.63, 3.8) is 0 Å². The van der Waals surface area contributed by atoms with Crippen LogP contribution in [0.25, 0.3) is 0 Å². The predicted molar refractivity (Wildman–Crippen MR) is 85.3 cm³/mol. The van der Waals surface area contributed by atoms with Crippen LogP contribution in [0.2, 0.25) is 0 Å². The summed E-state index contributed by atoms with van der Waals surface area (Å²) in [6, 6.07) is 18.0. The van der Waals surface area contributed by atoms with E-state index < -0.39 is 0 Å². The van der Waals surface area contributed by atoms with Crippen molar-refractivity contribution in [1.29, 1.82) is 0 Å². The SMILES string of the molecule is CCCOc1cccc(CN[C@@H](CO)c2ccccc2)c1. The third kappa shape index (κ3) is 4.88. The lowest BCUT2D eigenvalue weighted by molar-refractivity contribution is 0.243. The first-order valence-corrected chi connectivity index (χ1v) is 7.44. The maximum atomic E-state index is 9.54. The Balaban J connectivity index is 1.95. The van der Waals surface area contributed by atoms with E-state index in [2.05, 4.69) is 18.3 Å². The monoisotopic (exact) mass is 285 g/mol. The van der Waals surface area contributed by atoms with E-state index in [1.54, 1.807) is 0 Å². The second kappa shape index (κ2) is 8.45. The Morgan fingerprint density at radius 3 is 2.62 bits per heavy atom.